The minimum atomic E-state index is 0.110. The Morgan fingerprint density at radius 3 is 2.64 bits per heavy atom. The molecular weight excluding hydrogens is 465 g/mol. The number of fused-ring (bicyclic) bond motifs is 3. The fourth-order valence-corrected chi connectivity index (χ4v) is 4.19. The summed E-state index contributed by atoms with van der Waals surface area (Å²) in [5.74, 6) is 0.832. The number of aromatic nitrogens is 3. The molecular formula is C21H18IN5O. The Morgan fingerprint density at radius 2 is 1.86 bits per heavy atom. The van der Waals surface area contributed by atoms with Crippen LogP contribution < -0.4 is 5.32 Å². The van der Waals surface area contributed by atoms with E-state index in [1.54, 1.807) is 0 Å². The quantitative estimate of drug-likeness (QED) is 0.415. The number of aromatic amines is 1. The molecule has 1 saturated heterocycles. The maximum absolute atomic E-state index is 12.5. The van der Waals surface area contributed by atoms with Crippen LogP contribution >= 0.6 is 22.6 Å². The summed E-state index contributed by atoms with van der Waals surface area (Å²) >= 11 is 2.30. The first kappa shape index (κ1) is 17.4. The number of hydrogen-bond donors (Lipinski definition) is 2. The molecule has 5 rings (SSSR count). The first-order valence-corrected chi connectivity index (χ1v) is 10.4. The second-order valence-corrected chi connectivity index (χ2v) is 8.23. The van der Waals surface area contributed by atoms with Crippen LogP contribution in [0.25, 0.3) is 21.8 Å². The summed E-state index contributed by atoms with van der Waals surface area (Å²) in [5.41, 5.74) is 3.38. The molecule has 1 amide bonds. The van der Waals surface area contributed by atoms with Gasteiger partial charge in [-0.2, -0.15) is 5.10 Å². The molecule has 1 fully saturated rings. The topological polar surface area (TPSA) is 73.9 Å². The van der Waals surface area contributed by atoms with E-state index < -0.39 is 0 Å². The molecule has 1 aliphatic rings. The lowest BCUT2D eigenvalue weighted by Crippen LogP contribution is -2.27. The van der Waals surface area contributed by atoms with Gasteiger partial charge < -0.3 is 10.2 Å². The van der Waals surface area contributed by atoms with Gasteiger partial charge in [-0.3, -0.25) is 9.89 Å². The highest BCUT2D eigenvalue weighted by Crippen LogP contribution is 2.30. The second-order valence-electron chi connectivity index (χ2n) is 6.98. The lowest BCUT2D eigenvalue weighted by molar-refractivity contribution is 0.0793. The largest absolute Gasteiger partial charge is 0.339 e. The number of likely N-dealkylation sites (tertiary alicyclic amines) is 1. The Hall–Kier alpha value is -2.68. The number of H-pyrrole nitrogens is 1. The van der Waals surface area contributed by atoms with E-state index in [0.717, 1.165) is 68.4 Å². The van der Waals surface area contributed by atoms with E-state index in [4.69, 9.17) is 4.98 Å². The lowest BCUT2D eigenvalue weighted by atomic mass is 10.1. The van der Waals surface area contributed by atoms with Crippen LogP contribution in [0.5, 0.6) is 0 Å². The van der Waals surface area contributed by atoms with Crippen molar-refractivity contribution in [1.29, 1.82) is 0 Å². The summed E-state index contributed by atoms with van der Waals surface area (Å²) in [6, 6.07) is 13.8. The van der Waals surface area contributed by atoms with Gasteiger partial charge in [0.05, 0.1) is 11.7 Å². The summed E-state index contributed by atoms with van der Waals surface area (Å²) in [6.45, 7) is 1.72. The van der Waals surface area contributed by atoms with E-state index in [1.807, 2.05) is 47.5 Å². The zero-order valence-corrected chi connectivity index (χ0v) is 17.2. The third-order valence-corrected chi connectivity index (χ3v) is 5.82. The van der Waals surface area contributed by atoms with Crippen molar-refractivity contribution in [3.05, 3.63) is 57.8 Å². The number of pyridine rings is 1. The van der Waals surface area contributed by atoms with Crippen LogP contribution in [0.15, 0.2) is 48.7 Å². The SMILES string of the molecule is O=C(c1ccc(Nc2nc3ccc(I)cc3c3cn[nH]c23)cc1)N1CCCC1. The maximum atomic E-state index is 12.5. The number of nitrogens with one attached hydrogen (secondary N) is 2. The second kappa shape index (κ2) is 7.05. The van der Waals surface area contributed by atoms with Crippen molar-refractivity contribution < 1.29 is 4.79 Å². The molecule has 2 aromatic heterocycles. The van der Waals surface area contributed by atoms with Crippen molar-refractivity contribution in [1.82, 2.24) is 20.1 Å². The number of hydrogen-bond acceptors (Lipinski definition) is 4. The Labute approximate surface area is 175 Å². The van der Waals surface area contributed by atoms with Gasteiger partial charge >= 0.3 is 0 Å². The molecule has 0 spiro atoms. The number of carbonyl (C=O) groups excluding carboxylic acids is 1. The molecule has 0 bridgehead atoms. The van der Waals surface area contributed by atoms with Crippen molar-refractivity contribution in [3.8, 4) is 0 Å². The third kappa shape index (κ3) is 3.09. The van der Waals surface area contributed by atoms with Crippen LogP contribution in [-0.2, 0) is 0 Å². The number of halogens is 1. The summed E-state index contributed by atoms with van der Waals surface area (Å²) in [7, 11) is 0. The van der Waals surface area contributed by atoms with Gasteiger partial charge in [-0.25, -0.2) is 4.98 Å². The van der Waals surface area contributed by atoms with Gasteiger partial charge in [-0.15, -0.1) is 0 Å². The van der Waals surface area contributed by atoms with E-state index in [-0.39, 0.29) is 5.91 Å². The molecule has 3 heterocycles. The van der Waals surface area contributed by atoms with Crippen molar-refractivity contribution in [2.24, 2.45) is 0 Å². The highest BCUT2D eigenvalue weighted by molar-refractivity contribution is 14.1. The first-order chi connectivity index (χ1) is 13.7. The Kier molecular flexibility index (Phi) is 4.38. The van der Waals surface area contributed by atoms with Crippen LogP contribution in [0, 0.1) is 3.57 Å². The monoisotopic (exact) mass is 483 g/mol. The van der Waals surface area contributed by atoms with E-state index in [0.29, 0.717) is 0 Å². The van der Waals surface area contributed by atoms with Gasteiger partial charge in [0.25, 0.3) is 5.91 Å². The molecule has 28 heavy (non-hydrogen) atoms. The zero-order valence-electron chi connectivity index (χ0n) is 15.1. The lowest BCUT2D eigenvalue weighted by Gasteiger charge is -2.15. The van der Waals surface area contributed by atoms with Crippen molar-refractivity contribution >= 4 is 61.8 Å². The van der Waals surface area contributed by atoms with E-state index in [9.17, 15) is 4.79 Å². The molecule has 140 valence electrons. The average Bonchev–Trinajstić information content (AvgIpc) is 3.41. The minimum absolute atomic E-state index is 0.110. The summed E-state index contributed by atoms with van der Waals surface area (Å²) < 4.78 is 1.16. The minimum Gasteiger partial charge on any atom is -0.339 e. The van der Waals surface area contributed by atoms with Gasteiger partial charge in [0.15, 0.2) is 5.82 Å². The van der Waals surface area contributed by atoms with Gasteiger partial charge in [0, 0.05) is 38.7 Å². The van der Waals surface area contributed by atoms with Gasteiger partial charge in [0.2, 0.25) is 0 Å². The van der Waals surface area contributed by atoms with Crippen LogP contribution in [0.4, 0.5) is 11.5 Å². The van der Waals surface area contributed by atoms with Crippen LogP contribution in [0.3, 0.4) is 0 Å². The van der Waals surface area contributed by atoms with E-state index in [2.05, 4.69) is 44.2 Å². The molecule has 6 nitrogen and oxygen atoms in total. The smallest absolute Gasteiger partial charge is 0.253 e. The number of amides is 1. The zero-order chi connectivity index (χ0) is 19.1. The van der Waals surface area contributed by atoms with Gasteiger partial charge in [-0.05, 0) is 77.9 Å². The first-order valence-electron chi connectivity index (χ1n) is 9.28. The van der Waals surface area contributed by atoms with Crippen LogP contribution in [-0.4, -0.2) is 39.1 Å². The Morgan fingerprint density at radius 1 is 1.07 bits per heavy atom. The van der Waals surface area contributed by atoms with Crippen molar-refractivity contribution in [2.75, 3.05) is 18.4 Å². The highest BCUT2D eigenvalue weighted by Gasteiger charge is 2.19. The number of carbonyl (C=O) groups is 1. The summed E-state index contributed by atoms with van der Waals surface area (Å²) in [5, 5.41) is 12.7. The predicted octanol–water partition coefficient (Wildman–Crippen LogP) is 4.70. The normalized spacial score (nSPS) is 14.1. The molecule has 0 atom stereocenters. The summed E-state index contributed by atoms with van der Waals surface area (Å²) in [4.78, 5) is 19.2. The number of rotatable bonds is 3. The van der Waals surface area contributed by atoms with Crippen LogP contribution in [0.2, 0.25) is 0 Å². The van der Waals surface area contributed by atoms with E-state index >= 15 is 0 Å². The molecule has 0 saturated carbocycles. The fraction of sp³-hybridized carbons (Fsp3) is 0.190. The average molecular weight is 483 g/mol. The molecule has 0 radical (unpaired) electrons. The number of benzene rings is 2. The Balaban J connectivity index is 1.47. The number of anilines is 2. The maximum Gasteiger partial charge on any atom is 0.253 e. The summed E-state index contributed by atoms with van der Waals surface area (Å²) in [6.07, 6.45) is 4.02. The third-order valence-electron chi connectivity index (χ3n) is 5.15. The molecule has 7 heteroatoms. The van der Waals surface area contributed by atoms with Gasteiger partial charge in [0.1, 0.15) is 5.52 Å². The molecule has 1 aliphatic heterocycles. The van der Waals surface area contributed by atoms with Crippen molar-refractivity contribution in [2.45, 2.75) is 12.8 Å². The molecule has 4 aromatic rings. The standard InChI is InChI=1S/C21H18IN5O/c22-14-5-8-18-16(11-14)17-12-23-26-19(17)20(25-18)24-15-6-3-13(4-7-15)21(28)27-9-1-2-10-27/h3-8,11-12H,1-2,9-10H2,(H,23,26)(H,24,25). The van der Waals surface area contributed by atoms with E-state index in [1.165, 1.54) is 0 Å². The highest BCUT2D eigenvalue weighted by atomic mass is 127. The predicted molar refractivity (Wildman–Crippen MR) is 119 cm³/mol. The molecule has 0 unspecified atom stereocenters. The van der Waals surface area contributed by atoms with Gasteiger partial charge in [-0.1, -0.05) is 0 Å². The fourth-order valence-electron chi connectivity index (χ4n) is 3.69. The van der Waals surface area contributed by atoms with Crippen molar-refractivity contribution in [3.63, 3.8) is 0 Å². The van der Waals surface area contributed by atoms with Crippen LogP contribution in [0.1, 0.15) is 23.2 Å². The Bertz CT molecular complexity index is 1180. The molecule has 2 aromatic carbocycles. The molecule has 0 aliphatic carbocycles. The number of nitrogens with zero attached hydrogens (tertiary/aromatic N) is 3. The molecule has 2 N–H and O–H groups in total.